The second-order valence-electron chi connectivity index (χ2n) is 4.81. The van der Waals surface area contributed by atoms with Gasteiger partial charge in [0.1, 0.15) is 6.10 Å². The van der Waals surface area contributed by atoms with Crippen molar-refractivity contribution in [2.24, 2.45) is 11.8 Å². The van der Waals surface area contributed by atoms with Crippen molar-refractivity contribution >= 4 is 5.97 Å². The predicted octanol–water partition coefficient (Wildman–Crippen LogP) is 3.07. The van der Waals surface area contributed by atoms with Crippen molar-refractivity contribution in [2.45, 2.75) is 51.6 Å². The summed E-state index contributed by atoms with van der Waals surface area (Å²) in [6.45, 7) is 5.98. The molecule has 0 radical (unpaired) electrons. The third-order valence-electron chi connectivity index (χ3n) is 3.90. The van der Waals surface area contributed by atoms with Gasteiger partial charge in [0.05, 0.1) is 0 Å². The van der Waals surface area contributed by atoms with Gasteiger partial charge < -0.3 is 4.74 Å². The molecule has 2 fully saturated rings. The maximum atomic E-state index is 11.5. The molecule has 0 aromatic carbocycles. The molecular weight excluding hydrogens is 188 g/mol. The molecule has 2 atom stereocenters. The van der Waals surface area contributed by atoms with Gasteiger partial charge in [-0.15, -0.1) is 0 Å². The highest BCUT2D eigenvalue weighted by Crippen LogP contribution is 2.39. The van der Waals surface area contributed by atoms with Crippen molar-refractivity contribution in [1.29, 1.82) is 0 Å². The molecule has 0 aromatic heterocycles. The minimum Gasteiger partial charge on any atom is -0.458 e. The van der Waals surface area contributed by atoms with Crippen molar-refractivity contribution in [1.82, 2.24) is 0 Å². The third kappa shape index (κ3) is 1.95. The second-order valence-corrected chi connectivity index (χ2v) is 4.81. The van der Waals surface area contributed by atoms with Crippen LogP contribution in [0.1, 0.15) is 45.4 Å². The number of rotatable bonds is 2. The normalized spacial score (nSPS) is 33.1. The first kappa shape index (κ1) is 10.7. The van der Waals surface area contributed by atoms with Gasteiger partial charge in [0.15, 0.2) is 0 Å². The van der Waals surface area contributed by atoms with E-state index in [0.29, 0.717) is 11.5 Å². The standard InChI is InChI=1S/C13H20O2/c1-3-11-9(2)13(14)15-12(11)10-7-5-4-6-8-10/h10-12H,2-8H2,1H3. The largest absolute Gasteiger partial charge is 0.458 e. The molecule has 2 rings (SSSR count). The Kier molecular flexibility index (Phi) is 3.13. The van der Waals surface area contributed by atoms with Crippen LogP contribution in [0.25, 0.3) is 0 Å². The Morgan fingerprint density at radius 2 is 2.00 bits per heavy atom. The summed E-state index contributed by atoms with van der Waals surface area (Å²) in [5, 5.41) is 0. The van der Waals surface area contributed by atoms with Gasteiger partial charge in [-0.2, -0.15) is 0 Å². The van der Waals surface area contributed by atoms with Crippen molar-refractivity contribution in [3.8, 4) is 0 Å². The van der Waals surface area contributed by atoms with Gasteiger partial charge in [-0.05, 0) is 25.2 Å². The molecule has 0 aromatic rings. The van der Waals surface area contributed by atoms with E-state index in [4.69, 9.17) is 4.74 Å². The van der Waals surface area contributed by atoms with Crippen molar-refractivity contribution in [3.63, 3.8) is 0 Å². The molecule has 2 unspecified atom stereocenters. The molecule has 15 heavy (non-hydrogen) atoms. The van der Waals surface area contributed by atoms with E-state index in [9.17, 15) is 4.79 Å². The van der Waals surface area contributed by atoms with Gasteiger partial charge in [-0.3, -0.25) is 0 Å². The van der Waals surface area contributed by atoms with Gasteiger partial charge in [-0.1, -0.05) is 32.8 Å². The zero-order chi connectivity index (χ0) is 10.8. The zero-order valence-electron chi connectivity index (χ0n) is 9.50. The van der Waals surface area contributed by atoms with E-state index >= 15 is 0 Å². The maximum absolute atomic E-state index is 11.5. The van der Waals surface area contributed by atoms with Crippen LogP contribution in [-0.2, 0) is 9.53 Å². The summed E-state index contributed by atoms with van der Waals surface area (Å²) >= 11 is 0. The van der Waals surface area contributed by atoms with E-state index in [1.165, 1.54) is 32.1 Å². The Labute approximate surface area is 91.7 Å². The van der Waals surface area contributed by atoms with Crippen LogP contribution in [0.3, 0.4) is 0 Å². The number of carbonyl (C=O) groups excluding carboxylic acids is 1. The van der Waals surface area contributed by atoms with Crippen LogP contribution in [0, 0.1) is 11.8 Å². The van der Waals surface area contributed by atoms with E-state index in [-0.39, 0.29) is 18.0 Å². The molecule has 2 heteroatoms. The molecule has 1 saturated carbocycles. The number of ether oxygens (including phenoxy) is 1. The van der Waals surface area contributed by atoms with Crippen LogP contribution < -0.4 is 0 Å². The Hall–Kier alpha value is -0.790. The smallest absolute Gasteiger partial charge is 0.334 e. The molecule has 84 valence electrons. The van der Waals surface area contributed by atoms with Gasteiger partial charge in [0, 0.05) is 11.5 Å². The molecule has 2 nitrogen and oxygen atoms in total. The average molecular weight is 208 g/mol. The Balaban J connectivity index is 2.07. The molecule has 0 N–H and O–H groups in total. The monoisotopic (exact) mass is 208 g/mol. The fourth-order valence-corrected chi connectivity index (χ4v) is 3.00. The summed E-state index contributed by atoms with van der Waals surface area (Å²) in [5.74, 6) is 0.713. The first-order valence-electron chi connectivity index (χ1n) is 6.13. The van der Waals surface area contributed by atoms with Crippen molar-refractivity contribution in [3.05, 3.63) is 12.2 Å². The molecule has 1 aliphatic heterocycles. The van der Waals surface area contributed by atoms with Crippen LogP contribution >= 0.6 is 0 Å². The van der Waals surface area contributed by atoms with E-state index in [1.807, 2.05) is 0 Å². The highest BCUT2D eigenvalue weighted by atomic mass is 16.6. The van der Waals surface area contributed by atoms with Crippen LogP contribution in [0.15, 0.2) is 12.2 Å². The molecule has 0 spiro atoms. The van der Waals surface area contributed by atoms with E-state index in [1.54, 1.807) is 0 Å². The number of carbonyl (C=O) groups is 1. The highest BCUT2D eigenvalue weighted by molar-refractivity contribution is 5.90. The average Bonchev–Trinajstić information content (AvgIpc) is 2.56. The van der Waals surface area contributed by atoms with Crippen LogP contribution in [0.5, 0.6) is 0 Å². The molecule has 1 aliphatic carbocycles. The Morgan fingerprint density at radius 3 is 2.60 bits per heavy atom. The van der Waals surface area contributed by atoms with Crippen LogP contribution in [0.2, 0.25) is 0 Å². The van der Waals surface area contributed by atoms with Crippen molar-refractivity contribution < 1.29 is 9.53 Å². The number of hydrogen-bond donors (Lipinski definition) is 0. The van der Waals surface area contributed by atoms with E-state index in [0.717, 1.165) is 6.42 Å². The van der Waals surface area contributed by atoms with E-state index in [2.05, 4.69) is 13.5 Å². The SMILES string of the molecule is C=C1C(=O)OC(C2CCCCC2)C1CC. The number of esters is 1. The van der Waals surface area contributed by atoms with Gasteiger partial charge in [-0.25, -0.2) is 4.79 Å². The minimum atomic E-state index is -0.155. The summed E-state index contributed by atoms with van der Waals surface area (Å²) in [7, 11) is 0. The lowest BCUT2D eigenvalue weighted by Crippen LogP contribution is -2.28. The Morgan fingerprint density at radius 1 is 1.33 bits per heavy atom. The van der Waals surface area contributed by atoms with Crippen LogP contribution in [-0.4, -0.2) is 12.1 Å². The van der Waals surface area contributed by atoms with Gasteiger partial charge >= 0.3 is 5.97 Å². The van der Waals surface area contributed by atoms with Crippen LogP contribution in [0.4, 0.5) is 0 Å². The molecule has 0 bridgehead atoms. The summed E-state index contributed by atoms with van der Waals surface area (Å²) in [4.78, 5) is 11.5. The van der Waals surface area contributed by atoms with Crippen molar-refractivity contribution in [2.75, 3.05) is 0 Å². The number of hydrogen-bond acceptors (Lipinski definition) is 2. The highest BCUT2D eigenvalue weighted by Gasteiger charge is 2.41. The lowest BCUT2D eigenvalue weighted by Gasteiger charge is -2.29. The zero-order valence-corrected chi connectivity index (χ0v) is 9.50. The molecule has 1 heterocycles. The minimum absolute atomic E-state index is 0.135. The van der Waals surface area contributed by atoms with Gasteiger partial charge in [0.25, 0.3) is 0 Å². The summed E-state index contributed by atoms with van der Waals surface area (Å²) in [6.07, 6.45) is 7.49. The topological polar surface area (TPSA) is 26.3 Å². The fourth-order valence-electron chi connectivity index (χ4n) is 3.00. The quantitative estimate of drug-likeness (QED) is 0.515. The van der Waals surface area contributed by atoms with Gasteiger partial charge in [0.2, 0.25) is 0 Å². The van der Waals surface area contributed by atoms with E-state index < -0.39 is 0 Å². The maximum Gasteiger partial charge on any atom is 0.334 e. The lowest BCUT2D eigenvalue weighted by atomic mass is 9.79. The molecule has 2 aliphatic rings. The Bertz CT molecular complexity index is 264. The molecular formula is C13H20O2. The lowest BCUT2D eigenvalue weighted by molar-refractivity contribution is -0.141. The first-order chi connectivity index (χ1) is 7.24. The predicted molar refractivity (Wildman–Crippen MR) is 59.4 cm³/mol. The second kappa shape index (κ2) is 4.38. The third-order valence-corrected chi connectivity index (χ3v) is 3.90. The summed E-state index contributed by atoms with van der Waals surface area (Å²) in [5.41, 5.74) is 0.702. The summed E-state index contributed by atoms with van der Waals surface area (Å²) in [6, 6.07) is 0. The fraction of sp³-hybridized carbons (Fsp3) is 0.769. The molecule has 0 amide bonds. The molecule has 1 saturated heterocycles. The summed E-state index contributed by atoms with van der Waals surface area (Å²) < 4.78 is 5.48. The number of cyclic esters (lactones) is 1. The first-order valence-corrected chi connectivity index (χ1v) is 6.13.